The molecule has 0 aliphatic carbocycles. The van der Waals surface area contributed by atoms with E-state index in [9.17, 15) is 13.2 Å². The SMILES string of the molecule is C=CCC/C(=N\N(C)C)C(F)(F)F. The predicted octanol–water partition coefficient (Wildman–Crippen LogP) is 2.43. The van der Waals surface area contributed by atoms with Gasteiger partial charge in [-0.15, -0.1) is 6.58 Å². The normalized spacial score (nSPS) is 12.8. The molecule has 0 aromatic rings. The minimum absolute atomic E-state index is 0.120. The summed E-state index contributed by atoms with van der Waals surface area (Å²) in [5.41, 5.74) is -0.766. The van der Waals surface area contributed by atoms with Gasteiger partial charge in [0.05, 0.1) is 0 Å². The summed E-state index contributed by atoms with van der Waals surface area (Å²) in [6, 6.07) is 0. The van der Waals surface area contributed by atoms with Gasteiger partial charge in [0.15, 0.2) is 0 Å². The van der Waals surface area contributed by atoms with Gasteiger partial charge in [0.25, 0.3) is 0 Å². The van der Waals surface area contributed by atoms with Crippen molar-refractivity contribution in [3.63, 3.8) is 0 Å². The van der Waals surface area contributed by atoms with Gasteiger partial charge in [0, 0.05) is 20.5 Å². The van der Waals surface area contributed by atoms with E-state index in [4.69, 9.17) is 0 Å². The maximum atomic E-state index is 12.2. The summed E-state index contributed by atoms with van der Waals surface area (Å²) in [7, 11) is 2.92. The number of halogens is 3. The monoisotopic (exact) mass is 194 g/mol. The first kappa shape index (κ1) is 12.0. The minimum atomic E-state index is -4.34. The molecule has 76 valence electrons. The maximum absolute atomic E-state index is 12.2. The first-order valence-electron chi connectivity index (χ1n) is 3.81. The zero-order valence-electron chi connectivity index (χ0n) is 7.73. The predicted molar refractivity (Wildman–Crippen MR) is 46.6 cm³/mol. The third kappa shape index (κ3) is 5.27. The van der Waals surface area contributed by atoms with Crippen LogP contribution in [0.3, 0.4) is 0 Å². The second-order valence-electron chi connectivity index (χ2n) is 2.72. The second-order valence-corrected chi connectivity index (χ2v) is 2.72. The van der Waals surface area contributed by atoms with Crippen molar-refractivity contribution in [3.8, 4) is 0 Å². The number of rotatable bonds is 4. The van der Waals surface area contributed by atoms with E-state index in [1.54, 1.807) is 0 Å². The number of alkyl halides is 3. The topological polar surface area (TPSA) is 15.6 Å². The van der Waals surface area contributed by atoms with Gasteiger partial charge in [-0.05, 0) is 6.42 Å². The van der Waals surface area contributed by atoms with Gasteiger partial charge in [0.2, 0.25) is 0 Å². The summed E-state index contributed by atoms with van der Waals surface area (Å²) in [6.45, 7) is 3.36. The van der Waals surface area contributed by atoms with Crippen LogP contribution in [-0.4, -0.2) is 31.0 Å². The van der Waals surface area contributed by atoms with Gasteiger partial charge >= 0.3 is 6.18 Å². The van der Waals surface area contributed by atoms with Crippen LogP contribution in [0.15, 0.2) is 17.8 Å². The van der Waals surface area contributed by atoms with Crippen LogP contribution >= 0.6 is 0 Å². The lowest BCUT2D eigenvalue weighted by molar-refractivity contribution is -0.0616. The molecule has 0 saturated heterocycles. The van der Waals surface area contributed by atoms with Crippen molar-refractivity contribution in [1.82, 2.24) is 5.01 Å². The average molecular weight is 194 g/mol. The molecule has 0 N–H and O–H groups in total. The van der Waals surface area contributed by atoms with Crippen molar-refractivity contribution in [2.75, 3.05) is 14.1 Å². The molecule has 0 rings (SSSR count). The van der Waals surface area contributed by atoms with E-state index in [1.165, 1.54) is 20.2 Å². The summed E-state index contributed by atoms with van der Waals surface area (Å²) >= 11 is 0. The highest BCUT2D eigenvalue weighted by molar-refractivity contribution is 5.89. The quantitative estimate of drug-likeness (QED) is 0.381. The zero-order valence-corrected chi connectivity index (χ0v) is 7.73. The molecule has 2 nitrogen and oxygen atoms in total. The van der Waals surface area contributed by atoms with Gasteiger partial charge in [-0.3, -0.25) is 0 Å². The molecule has 0 aliphatic rings. The Morgan fingerprint density at radius 2 is 2.00 bits per heavy atom. The van der Waals surface area contributed by atoms with Crippen LogP contribution in [0.5, 0.6) is 0 Å². The summed E-state index contributed by atoms with van der Waals surface area (Å²) in [5, 5.41) is 4.51. The summed E-state index contributed by atoms with van der Waals surface area (Å²) in [4.78, 5) is 0. The highest BCUT2D eigenvalue weighted by Crippen LogP contribution is 2.20. The van der Waals surface area contributed by atoms with Crippen molar-refractivity contribution in [2.24, 2.45) is 5.10 Å². The number of hydrazone groups is 1. The van der Waals surface area contributed by atoms with Crippen LogP contribution in [0, 0.1) is 0 Å². The summed E-state index contributed by atoms with van der Waals surface area (Å²) in [5.74, 6) is 0. The Hall–Kier alpha value is -1.00. The third-order valence-corrected chi connectivity index (χ3v) is 1.23. The average Bonchev–Trinajstić information content (AvgIpc) is 1.95. The fourth-order valence-electron chi connectivity index (χ4n) is 0.729. The molecule has 5 heteroatoms. The van der Waals surface area contributed by atoms with Crippen LogP contribution in [0.4, 0.5) is 13.2 Å². The van der Waals surface area contributed by atoms with E-state index >= 15 is 0 Å². The lowest BCUT2D eigenvalue weighted by Crippen LogP contribution is -2.25. The third-order valence-electron chi connectivity index (χ3n) is 1.23. The Balaban J connectivity index is 4.46. The second kappa shape index (κ2) is 4.89. The van der Waals surface area contributed by atoms with Gasteiger partial charge in [-0.25, -0.2) is 0 Å². The van der Waals surface area contributed by atoms with Gasteiger partial charge in [0.1, 0.15) is 5.71 Å². The number of nitrogens with zero attached hydrogens (tertiary/aromatic N) is 2. The van der Waals surface area contributed by atoms with Crippen molar-refractivity contribution in [3.05, 3.63) is 12.7 Å². The molecular formula is C8H13F3N2. The molecule has 0 atom stereocenters. The van der Waals surface area contributed by atoms with Crippen LogP contribution in [0.1, 0.15) is 12.8 Å². The molecule has 0 fully saturated rings. The first-order valence-corrected chi connectivity index (χ1v) is 3.81. The molecule has 0 amide bonds. The van der Waals surface area contributed by atoms with E-state index in [-0.39, 0.29) is 12.8 Å². The Bertz CT molecular complexity index is 194. The summed E-state index contributed by atoms with van der Waals surface area (Å²) in [6.07, 6.45) is -2.73. The number of allylic oxidation sites excluding steroid dienone is 1. The number of hydrogen-bond donors (Lipinski definition) is 0. The molecule has 0 radical (unpaired) electrons. The van der Waals surface area contributed by atoms with E-state index in [2.05, 4.69) is 11.7 Å². The Kier molecular flexibility index (Phi) is 4.51. The standard InChI is InChI=1S/C8H13F3N2/c1-4-5-6-7(8(9,10)11)12-13(2)3/h4H,1,5-6H2,2-3H3/b12-7+. The maximum Gasteiger partial charge on any atom is 0.431 e. The first-order chi connectivity index (χ1) is 5.88. The van der Waals surface area contributed by atoms with E-state index in [0.717, 1.165) is 5.01 Å². The molecule has 0 unspecified atom stereocenters. The number of hydrogen-bond acceptors (Lipinski definition) is 2. The Morgan fingerprint density at radius 3 is 2.31 bits per heavy atom. The molecule has 0 aromatic carbocycles. The lowest BCUT2D eigenvalue weighted by Gasteiger charge is -2.12. The van der Waals surface area contributed by atoms with E-state index in [1.807, 2.05) is 0 Å². The van der Waals surface area contributed by atoms with Crippen molar-refractivity contribution >= 4 is 5.71 Å². The molecule has 0 aromatic heterocycles. The highest BCUT2D eigenvalue weighted by Gasteiger charge is 2.35. The van der Waals surface area contributed by atoms with E-state index in [0.29, 0.717) is 0 Å². The fraction of sp³-hybridized carbons (Fsp3) is 0.625. The molecule has 13 heavy (non-hydrogen) atoms. The largest absolute Gasteiger partial charge is 0.431 e. The van der Waals surface area contributed by atoms with Crippen LogP contribution < -0.4 is 0 Å². The van der Waals surface area contributed by atoms with Gasteiger partial charge in [-0.1, -0.05) is 6.08 Å². The molecule has 0 bridgehead atoms. The molecule has 0 heterocycles. The molecule has 0 spiro atoms. The molecule has 0 saturated carbocycles. The van der Waals surface area contributed by atoms with Gasteiger partial charge < -0.3 is 5.01 Å². The van der Waals surface area contributed by atoms with Crippen LogP contribution in [-0.2, 0) is 0 Å². The van der Waals surface area contributed by atoms with Gasteiger partial charge in [-0.2, -0.15) is 18.3 Å². The fourth-order valence-corrected chi connectivity index (χ4v) is 0.729. The highest BCUT2D eigenvalue weighted by atomic mass is 19.4. The lowest BCUT2D eigenvalue weighted by atomic mass is 10.2. The Morgan fingerprint density at radius 1 is 1.46 bits per heavy atom. The molecule has 0 aliphatic heterocycles. The van der Waals surface area contributed by atoms with Crippen LogP contribution in [0.25, 0.3) is 0 Å². The van der Waals surface area contributed by atoms with Crippen molar-refractivity contribution in [2.45, 2.75) is 19.0 Å². The summed E-state index contributed by atoms with van der Waals surface area (Å²) < 4.78 is 36.6. The van der Waals surface area contributed by atoms with E-state index < -0.39 is 11.9 Å². The molecular weight excluding hydrogens is 181 g/mol. The Labute approximate surface area is 75.7 Å². The van der Waals surface area contributed by atoms with Crippen molar-refractivity contribution in [1.29, 1.82) is 0 Å². The van der Waals surface area contributed by atoms with Crippen molar-refractivity contribution < 1.29 is 13.2 Å². The minimum Gasteiger partial charge on any atom is -0.303 e. The zero-order chi connectivity index (χ0) is 10.5. The van der Waals surface area contributed by atoms with Crippen LogP contribution in [0.2, 0.25) is 0 Å². The smallest absolute Gasteiger partial charge is 0.303 e.